The van der Waals surface area contributed by atoms with Crippen molar-refractivity contribution in [1.29, 1.82) is 0 Å². The first-order valence-corrected chi connectivity index (χ1v) is 9.83. The molecule has 9 heteroatoms. The van der Waals surface area contributed by atoms with Crippen LogP contribution >= 0.6 is 11.8 Å². The van der Waals surface area contributed by atoms with Crippen LogP contribution in [-0.2, 0) is 16.1 Å². The van der Waals surface area contributed by atoms with E-state index in [1.165, 1.54) is 11.8 Å². The zero-order chi connectivity index (χ0) is 20.1. The minimum atomic E-state index is -0.408. The Balaban J connectivity index is 1.51. The number of ether oxygens (including phenoxy) is 1. The number of hydrogen-bond acceptors (Lipinski definition) is 8. The van der Waals surface area contributed by atoms with Gasteiger partial charge in [0.05, 0.1) is 5.75 Å². The van der Waals surface area contributed by atoms with E-state index in [1.807, 2.05) is 65.2 Å². The van der Waals surface area contributed by atoms with E-state index in [0.29, 0.717) is 16.8 Å². The van der Waals surface area contributed by atoms with Crippen molar-refractivity contribution in [2.75, 3.05) is 5.75 Å². The van der Waals surface area contributed by atoms with Crippen LogP contribution in [0.25, 0.3) is 17.1 Å². The summed E-state index contributed by atoms with van der Waals surface area (Å²) in [7, 11) is 0. The van der Waals surface area contributed by atoms with Gasteiger partial charge in [-0.2, -0.15) is 4.98 Å². The largest absolute Gasteiger partial charge is 0.455 e. The van der Waals surface area contributed by atoms with Gasteiger partial charge in [0.15, 0.2) is 23.4 Å². The molecule has 0 saturated heterocycles. The molecule has 0 aliphatic heterocycles. The molecule has 8 nitrogen and oxygen atoms in total. The van der Waals surface area contributed by atoms with Gasteiger partial charge in [-0.15, -0.1) is 10.2 Å². The maximum Gasteiger partial charge on any atom is 0.316 e. The second-order valence-electron chi connectivity index (χ2n) is 6.03. The molecule has 0 saturated carbocycles. The molecule has 0 N–H and O–H groups in total. The maximum atomic E-state index is 12.1. The summed E-state index contributed by atoms with van der Waals surface area (Å²) in [5.74, 6) is 1.13. The molecule has 4 rings (SSSR count). The number of nitrogens with zero attached hydrogens (tertiary/aromatic N) is 5. The molecule has 2 aromatic heterocycles. The van der Waals surface area contributed by atoms with E-state index < -0.39 is 5.97 Å². The second kappa shape index (κ2) is 8.70. The van der Waals surface area contributed by atoms with Gasteiger partial charge in [0.25, 0.3) is 5.89 Å². The molecule has 0 spiro atoms. The molecule has 29 heavy (non-hydrogen) atoms. The number of hydrogen-bond donors (Lipinski definition) is 0. The summed E-state index contributed by atoms with van der Waals surface area (Å²) >= 11 is 1.25. The van der Waals surface area contributed by atoms with Gasteiger partial charge >= 0.3 is 5.97 Å². The van der Waals surface area contributed by atoms with E-state index in [1.54, 1.807) is 6.92 Å². The zero-order valence-electron chi connectivity index (χ0n) is 15.6. The molecule has 0 unspecified atom stereocenters. The lowest BCUT2D eigenvalue weighted by atomic mass is 10.2. The number of thioether (sulfide) groups is 1. The third kappa shape index (κ3) is 4.52. The number of esters is 1. The molecule has 0 radical (unpaired) electrons. The predicted octanol–water partition coefficient (Wildman–Crippen LogP) is 3.46. The third-order valence-corrected chi connectivity index (χ3v) is 4.83. The van der Waals surface area contributed by atoms with Gasteiger partial charge in [0, 0.05) is 11.3 Å². The number of rotatable bonds is 7. The number of aryl methyl sites for hydroxylation is 1. The van der Waals surface area contributed by atoms with Gasteiger partial charge in [0.1, 0.15) is 0 Å². The lowest BCUT2D eigenvalue weighted by Gasteiger charge is -2.10. The molecule has 146 valence electrons. The molecule has 2 heterocycles. The fourth-order valence-corrected chi connectivity index (χ4v) is 3.40. The summed E-state index contributed by atoms with van der Waals surface area (Å²) < 4.78 is 12.0. The maximum absolute atomic E-state index is 12.1. The van der Waals surface area contributed by atoms with Crippen LogP contribution in [0.2, 0.25) is 0 Å². The zero-order valence-corrected chi connectivity index (χ0v) is 16.4. The molecular formula is C20H17N5O3S. The van der Waals surface area contributed by atoms with Gasteiger partial charge in [0.2, 0.25) is 0 Å². The predicted molar refractivity (Wildman–Crippen MR) is 106 cm³/mol. The highest BCUT2D eigenvalue weighted by molar-refractivity contribution is 7.99. The molecular weight excluding hydrogens is 390 g/mol. The molecule has 0 atom stereocenters. The topological polar surface area (TPSA) is 95.9 Å². The second-order valence-corrected chi connectivity index (χ2v) is 6.97. The van der Waals surface area contributed by atoms with Crippen LogP contribution < -0.4 is 0 Å². The van der Waals surface area contributed by atoms with Gasteiger partial charge in [-0.25, -0.2) is 0 Å². The van der Waals surface area contributed by atoms with Gasteiger partial charge in [-0.05, 0) is 19.1 Å². The number of para-hydroxylation sites is 1. The Morgan fingerprint density at radius 1 is 1.07 bits per heavy atom. The van der Waals surface area contributed by atoms with Crippen molar-refractivity contribution in [3.8, 4) is 17.1 Å². The third-order valence-electron chi connectivity index (χ3n) is 3.93. The normalized spacial score (nSPS) is 10.8. The number of carbonyl (C=O) groups excluding carboxylic acids is 1. The van der Waals surface area contributed by atoms with Crippen molar-refractivity contribution in [2.24, 2.45) is 0 Å². The molecule has 0 bridgehead atoms. The Bertz CT molecular complexity index is 1100. The molecule has 2 aromatic carbocycles. The van der Waals surface area contributed by atoms with Crippen molar-refractivity contribution in [1.82, 2.24) is 24.9 Å². The summed E-state index contributed by atoms with van der Waals surface area (Å²) in [6.07, 6.45) is 0. The summed E-state index contributed by atoms with van der Waals surface area (Å²) in [4.78, 5) is 16.1. The molecule has 0 aliphatic carbocycles. The van der Waals surface area contributed by atoms with Crippen LogP contribution in [-0.4, -0.2) is 36.6 Å². The van der Waals surface area contributed by atoms with E-state index in [0.717, 1.165) is 11.3 Å². The Labute approximate surface area is 170 Å². The fourth-order valence-electron chi connectivity index (χ4n) is 2.65. The SMILES string of the molecule is Cc1noc(COC(=O)CSc2nnc(-c3ccccc3)n2-c2ccccc2)n1. The summed E-state index contributed by atoms with van der Waals surface area (Å²) in [5, 5.41) is 12.9. The van der Waals surface area contributed by atoms with Gasteiger partial charge in [-0.1, -0.05) is 65.4 Å². The van der Waals surface area contributed by atoms with Crippen LogP contribution in [0.4, 0.5) is 0 Å². The standard InChI is InChI=1S/C20H17N5O3S/c1-14-21-17(28-24-14)12-27-18(26)13-29-20-23-22-19(15-8-4-2-5-9-15)25(20)16-10-6-3-7-11-16/h2-11H,12-13H2,1H3. The van der Waals surface area contributed by atoms with Crippen LogP contribution in [0, 0.1) is 6.92 Å². The Morgan fingerprint density at radius 2 is 1.79 bits per heavy atom. The van der Waals surface area contributed by atoms with Crippen molar-refractivity contribution in [3.63, 3.8) is 0 Å². The Kier molecular flexibility index (Phi) is 5.66. The first kappa shape index (κ1) is 18.9. The average Bonchev–Trinajstić information content (AvgIpc) is 3.38. The minimum Gasteiger partial charge on any atom is -0.455 e. The van der Waals surface area contributed by atoms with Crippen LogP contribution in [0.3, 0.4) is 0 Å². The average molecular weight is 407 g/mol. The van der Waals surface area contributed by atoms with E-state index in [4.69, 9.17) is 9.26 Å². The first-order valence-electron chi connectivity index (χ1n) is 8.84. The van der Waals surface area contributed by atoms with Crippen molar-refractivity contribution in [3.05, 3.63) is 72.4 Å². The van der Waals surface area contributed by atoms with Crippen LogP contribution in [0.5, 0.6) is 0 Å². The van der Waals surface area contributed by atoms with E-state index in [2.05, 4.69) is 20.3 Å². The molecule has 4 aromatic rings. The van der Waals surface area contributed by atoms with Crippen molar-refractivity contribution >= 4 is 17.7 Å². The lowest BCUT2D eigenvalue weighted by molar-refractivity contribution is -0.142. The molecule has 0 amide bonds. The van der Waals surface area contributed by atoms with Crippen molar-refractivity contribution in [2.45, 2.75) is 18.7 Å². The smallest absolute Gasteiger partial charge is 0.316 e. The van der Waals surface area contributed by atoms with Crippen LogP contribution in [0.1, 0.15) is 11.7 Å². The monoisotopic (exact) mass is 407 g/mol. The summed E-state index contributed by atoms with van der Waals surface area (Å²) in [6, 6.07) is 19.6. The summed E-state index contributed by atoms with van der Waals surface area (Å²) in [6.45, 7) is 1.65. The fraction of sp³-hybridized carbons (Fsp3) is 0.150. The minimum absolute atomic E-state index is 0.0547. The highest BCUT2D eigenvalue weighted by atomic mass is 32.2. The first-order chi connectivity index (χ1) is 14.2. The highest BCUT2D eigenvalue weighted by Gasteiger charge is 2.17. The van der Waals surface area contributed by atoms with E-state index >= 15 is 0 Å². The van der Waals surface area contributed by atoms with E-state index in [9.17, 15) is 4.79 Å². The number of benzene rings is 2. The highest BCUT2D eigenvalue weighted by Crippen LogP contribution is 2.27. The molecule has 0 aliphatic rings. The van der Waals surface area contributed by atoms with Crippen molar-refractivity contribution < 1.29 is 14.1 Å². The van der Waals surface area contributed by atoms with Crippen LogP contribution in [0.15, 0.2) is 70.3 Å². The lowest BCUT2D eigenvalue weighted by Crippen LogP contribution is -2.08. The Hall–Kier alpha value is -3.46. The number of aromatic nitrogens is 5. The molecule has 0 fully saturated rings. The quantitative estimate of drug-likeness (QED) is 0.339. The van der Waals surface area contributed by atoms with E-state index in [-0.39, 0.29) is 18.3 Å². The van der Waals surface area contributed by atoms with Gasteiger partial charge < -0.3 is 9.26 Å². The Morgan fingerprint density at radius 3 is 2.48 bits per heavy atom. The number of carbonyl (C=O) groups is 1. The van der Waals surface area contributed by atoms with Gasteiger partial charge in [-0.3, -0.25) is 9.36 Å². The summed E-state index contributed by atoms with van der Waals surface area (Å²) in [5.41, 5.74) is 1.85.